The maximum absolute atomic E-state index is 12.7. The Balaban J connectivity index is 1.99. The van der Waals surface area contributed by atoms with E-state index in [0.717, 1.165) is 10.7 Å². The fourth-order valence-electron chi connectivity index (χ4n) is 1.16. The van der Waals surface area contributed by atoms with Crippen LogP contribution in [0.15, 0.2) is 23.6 Å². The van der Waals surface area contributed by atoms with Gasteiger partial charge in [0, 0.05) is 11.1 Å². The minimum Gasteiger partial charge on any atom is -0.363 e. The van der Waals surface area contributed by atoms with Crippen molar-refractivity contribution < 1.29 is 4.39 Å². The Hall–Kier alpha value is -1.49. The predicted molar refractivity (Wildman–Crippen MR) is 58.4 cm³/mol. The van der Waals surface area contributed by atoms with Gasteiger partial charge in [0.05, 0.1) is 6.54 Å². The number of thiazole rings is 1. The summed E-state index contributed by atoms with van der Waals surface area (Å²) in [5.74, 6) is 0.0539. The van der Waals surface area contributed by atoms with Gasteiger partial charge in [-0.2, -0.15) is 4.39 Å². The number of aromatic nitrogens is 2. The van der Waals surface area contributed by atoms with E-state index in [-0.39, 0.29) is 0 Å². The van der Waals surface area contributed by atoms with Gasteiger partial charge in [-0.3, -0.25) is 0 Å². The van der Waals surface area contributed by atoms with Crippen LogP contribution < -0.4 is 5.32 Å². The van der Waals surface area contributed by atoms with E-state index in [2.05, 4.69) is 15.3 Å². The van der Waals surface area contributed by atoms with E-state index in [0.29, 0.717) is 12.4 Å². The fraction of sp³-hybridized carbons (Fsp3) is 0.200. The zero-order valence-electron chi connectivity index (χ0n) is 8.20. The van der Waals surface area contributed by atoms with Crippen LogP contribution in [0.1, 0.15) is 10.7 Å². The van der Waals surface area contributed by atoms with Gasteiger partial charge in [0.1, 0.15) is 10.8 Å². The number of hydrogen-bond donors (Lipinski definition) is 1. The molecular formula is C10H10FN3S. The molecule has 2 aromatic rings. The van der Waals surface area contributed by atoms with Gasteiger partial charge in [-0.05, 0) is 19.1 Å². The Bertz CT molecular complexity index is 455. The van der Waals surface area contributed by atoms with Gasteiger partial charge in [0.2, 0.25) is 5.95 Å². The van der Waals surface area contributed by atoms with Crippen LogP contribution in [0.4, 0.5) is 10.2 Å². The van der Waals surface area contributed by atoms with Crippen molar-refractivity contribution in [1.82, 2.24) is 9.97 Å². The van der Waals surface area contributed by atoms with Crippen molar-refractivity contribution in [3.8, 4) is 0 Å². The number of anilines is 1. The first-order chi connectivity index (χ1) is 7.24. The molecule has 0 bridgehead atoms. The molecule has 0 radical (unpaired) electrons. The molecular weight excluding hydrogens is 213 g/mol. The van der Waals surface area contributed by atoms with E-state index in [4.69, 9.17) is 0 Å². The summed E-state index contributed by atoms with van der Waals surface area (Å²) < 4.78 is 12.7. The van der Waals surface area contributed by atoms with Gasteiger partial charge in [-0.15, -0.1) is 11.3 Å². The highest BCUT2D eigenvalue weighted by atomic mass is 32.1. The van der Waals surface area contributed by atoms with Crippen LogP contribution in [0.3, 0.4) is 0 Å². The number of halogens is 1. The molecule has 0 aromatic carbocycles. The second-order valence-electron chi connectivity index (χ2n) is 3.08. The lowest BCUT2D eigenvalue weighted by atomic mass is 10.4. The summed E-state index contributed by atoms with van der Waals surface area (Å²) in [6, 6.07) is 4.67. The summed E-state index contributed by atoms with van der Waals surface area (Å²) in [7, 11) is 0. The highest BCUT2D eigenvalue weighted by Gasteiger charge is 1.99. The second kappa shape index (κ2) is 4.35. The molecule has 3 nitrogen and oxygen atoms in total. The number of nitrogens with zero attached hydrogens (tertiary/aromatic N) is 2. The minimum atomic E-state index is -0.477. The van der Waals surface area contributed by atoms with Crippen molar-refractivity contribution in [1.29, 1.82) is 0 Å². The van der Waals surface area contributed by atoms with Crippen LogP contribution in [0.25, 0.3) is 0 Å². The average molecular weight is 223 g/mol. The Labute approximate surface area is 91.0 Å². The Morgan fingerprint density at radius 2 is 2.27 bits per heavy atom. The third kappa shape index (κ3) is 2.73. The molecule has 15 heavy (non-hydrogen) atoms. The van der Waals surface area contributed by atoms with E-state index in [1.165, 1.54) is 6.07 Å². The van der Waals surface area contributed by atoms with Crippen molar-refractivity contribution in [2.24, 2.45) is 0 Å². The molecule has 0 saturated carbocycles. The number of nitrogens with one attached hydrogen (secondary N) is 1. The average Bonchev–Trinajstić information content (AvgIpc) is 2.62. The normalized spacial score (nSPS) is 10.3. The fourth-order valence-corrected chi connectivity index (χ4v) is 1.87. The van der Waals surface area contributed by atoms with Crippen molar-refractivity contribution in [2.45, 2.75) is 13.5 Å². The van der Waals surface area contributed by atoms with Gasteiger partial charge in [0.25, 0.3) is 0 Å². The number of aryl methyl sites for hydroxylation is 1. The van der Waals surface area contributed by atoms with Gasteiger partial charge in [0.15, 0.2) is 0 Å². The van der Waals surface area contributed by atoms with E-state index in [1.54, 1.807) is 23.5 Å². The molecule has 0 fully saturated rings. The second-order valence-corrected chi connectivity index (χ2v) is 4.02. The largest absolute Gasteiger partial charge is 0.363 e. The van der Waals surface area contributed by atoms with Crippen LogP contribution in [-0.2, 0) is 6.54 Å². The third-order valence-corrected chi connectivity index (χ3v) is 2.77. The topological polar surface area (TPSA) is 37.8 Å². The molecule has 0 spiro atoms. The summed E-state index contributed by atoms with van der Waals surface area (Å²) in [5.41, 5.74) is 1.00. The molecule has 2 aromatic heterocycles. The summed E-state index contributed by atoms with van der Waals surface area (Å²) in [4.78, 5) is 7.98. The summed E-state index contributed by atoms with van der Waals surface area (Å²) in [6.07, 6.45) is 0. The molecule has 5 heteroatoms. The van der Waals surface area contributed by atoms with Crippen LogP contribution in [-0.4, -0.2) is 9.97 Å². The highest BCUT2D eigenvalue weighted by molar-refractivity contribution is 7.09. The lowest BCUT2D eigenvalue weighted by Crippen LogP contribution is -2.01. The van der Waals surface area contributed by atoms with E-state index in [1.807, 2.05) is 12.3 Å². The van der Waals surface area contributed by atoms with Gasteiger partial charge >= 0.3 is 0 Å². The summed E-state index contributed by atoms with van der Waals surface area (Å²) in [6.45, 7) is 2.52. The first kappa shape index (κ1) is 10.0. The van der Waals surface area contributed by atoms with Gasteiger partial charge in [-0.25, -0.2) is 9.97 Å². The molecule has 0 aliphatic carbocycles. The SMILES string of the molecule is Cc1csc(CNc2cccc(F)n2)n1. The number of rotatable bonds is 3. The molecule has 0 amide bonds. The van der Waals surface area contributed by atoms with Crippen molar-refractivity contribution >= 4 is 17.2 Å². The first-order valence-corrected chi connectivity index (χ1v) is 5.39. The maximum Gasteiger partial charge on any atom is 0.214 e. The van der Waals surface area contributed by atoms with E-state index in [9.17, 15) is 4.39 Å². The molecule has 0 saturated heterocycles. The molecule has 2 heterocycles. The third-order valence-electron chi connectivity index (χ3n) is 1.80. The Morgan fingerprint density at radius 3 is 2.93 bits per heavy atom. The molecule has 1 N–H and O–H groups in total. The van der Waals surface area contributed by atoms with Gasteiger partial charge < -0.3 is 5.32 Å². The van der Waals surface area contributed by atoms with Crippen LogP contribution in [0.5, 0.6) is 0 Å². The van der Waals surface area contributed by atoms with Crippen molar-refractivity contribution in [2.75, 3.05) is 5.32 Å². The van der Waals surface area contributed by atoms with Crippen LogP contribution in [0.2, 0.25) is 0 Å². The molecule has 0 atom stereocenters. The number of pyridine rings is 1. The molecule has 0 aliphatic heterocycles. The molecule has 0 unspecified atom stereocenters. The zero-order valence-corrected chi connectivity index (χ0v) is 9.01. The minimum absolute atomic E-state index is 0.477. The smallest absolute Gasteiger partial charge is 0.214 e. The Kier molecular flexibility index (Phi) is 2.91. The summed E-state index contributed by atoms with van der Waals surface area (Å²) in [5, 5.41) is 5.96. The highest BCUT2D eigenvalue weighted by Crippen LogP contribution is 2.11. The van der Waals surface area contributed by atoms with Crippen molar-refractivity contribution in [3.05, 3.63) is 40.2 Å². The first-order valence-electron chi connectivity index (χ1n) is 4.51. The Morgan fingerprint density at radius 1 is 1.40 bits per heavy atom. The molecule has 0 aliphatic rings. The maximum atomic E-state index is 12.7. The van der Waals surface area contributed by atoms with E-state index >= 15 is 0 Å². The number of hydrogen-bond acceptors (Lipinski definition) is 4. The van der Waals surface area contributed by atoms with Gasteiger partial charge in [-0.1, -0.05) is 6.07 Å². The lowest BCUT2D eigenvalue weighted by molar-refractivity contribution is 0.585. The molecule has 2 rings (SSSR count). The van der Waals surface area contributed by atoms with E-state index < -0.39 is 5.95 Å². The predicted octanol–water partition coefficient (Wildman–Crippen LogP) is 2.60. The summed E-state index contributed by atoms with van der Waals surface area (Å²) >= 11 is 1.58. The molecule has 78 valence electrons. The van der Waals surface area contributed by atoms with Crippen LogP contribution in [0, 0.1) is 12.9 Å². The zero-order chi connectivity index (χ0) is 10.7. The van der Waals surface area contributed by atoms with Crippen LogP contribution >= 0.6 is 11.3 Å². The van der Waals surface area contributed by atoms with Crippen molar-refractivity contribution in [3.63, 3.8) is 0 Å². The lowest BCUT2D eigenvalue weighted by Gasteiger charge is -2.02. The monoisotopic (exact) mass is 223 g/mol. The standard InChI is InChI=1S/C10H10FN3S/c1-7-6-15-10(13-7)5-12-9-4-2-3-8(11)14-9/h2-4,6H,5H2,1H3,(H,12,14). The quantitative estimate of drug-likeness (QED) is 0.813.